The van der Waals surface area contributed by atoms with Gasteiger partial charge in [-0.1, -0.05) is 0 Å². The Morgan fingerprint density at radius 1 is 1.24 bits per heavy atom. The van der Waals surface area contributed by atoms with Crippen LogP contribution < -0.4 is 16.2 Å². The molecule has 116 valence electrons. The highest BCUT2D eigenvalue weighted by Crippen LogP contribution is 2.27. The third-order valence-corrected chi connectivity index (χ3v) is 5.94. The highest BCUT2D eigenvalue weighted by atomic mass is 79.9. The monoisotopic (exact) mass is 375 g/mol. The van der Waals surface area contributed by atoms with Gasteiger partial charge >= 0.3 is 0 Å². The molecule has 1 saturated carbocycles. The van der Waals surface area contributed by atoms with Crippen LogP contribution in [0.15, 0.2) is 27.6 Å². The quantitative estimate of drug-likeness (QED) is 0.688. The summed E-state index contributed by atoms with van der Waals surface area (Å²) in [7, 11) is -3.59. The van der Waals surface area contributed by atoms with E-state index in [1.807, 2.05) is 0 Å². The molecule has 0 radical (unpaired) electrons. The van der Waals surface area contributed by atoms with Crippen molar-refractivity contribution in [1.82, 2.24) is 4.72 Å². The molecule has 0 saturated heterocycles. The average molecular weight is 376 g/mol. The minimum Gasteiger partial charge on any atom is -0.398 e. The van der Waals surface area contributed by atoms with Crippen LogP contribution in [0.1, 0.15) is 25.7 Å². The van der Waals surface area contributed by atoms with Crippen LogP contribution >= 0.6 is 15.9 Å². The molecular formula is C13H18BrN3O3S. The van der Waals surface area contributed by atoms with E-state index in [2.05, 4.69) is 20.7 Å². The van der Waals surface area contributed by atoms with Crippen molar-refractivity contribution in [2.75, 3.05) is 5.73 Å². The van der Waals surface area contributed by atoms with Gasteiger partial charge in [-0.2, -0.15) is 0 Å². The number of primary amides is 1. The zero-order valence-corrected chi connectivity index (χ0v) is 13.8. The summed E-state index contributed by atoms with van der Waals surface area (Å²) < 4.78 is 27.9. The summed E-state index contributed by atoms with van der Waals surface area (Å²) in [5, 5.41) is 0. The van der Waals surface area contributed by atoms with E-state index in [1.165, 1.54) is 12.1 Å². The second kappa shape index (κ2) is 6.33. The Kier molecular flexibility index (Phi) is 4.90. The van der Waals surface area contributed by atoms with Gasteiger partial charge in [-0.25, -0.2) is 13.1 Å². The molecule has 0 unspecified atom stereocenters. The molecule has 0 heterocycles. The van der Waals surface area contributed by atoms with Gasteiger partial charge in [0, 0.05) is 22.1 Å². The minimum absolute atomic E-state index is 0.142. The Morgan fingerprint density at radius 3 is 2.38 bits per heavy atom. The Balaban J connectivity index is 2.05. The van der Waals surface area contributed by atoms with E-state index in [-0.39, 0.29) is 22.8 Å². The van der Waals surface area contributed by atoms with Crippen molar-refractivity contribution in [3.8, 4) is 0 Å². The van der Waals surface area contributed by atoms with Crippen LogP contribution in [-0.2, 0) is 14.8 Å². The number of nitrogen functional groups attached to an aromatic ring is 1. The third kappa shape index (κ3) is 3.96. The molecule has 2 rings (SSSR count). The Bertz CT molecular complexity index is 640. The number of nitrogens with one attached hydrogen (secondary N) is 1. The number of rotatable bonds is 4. The largest absolute Gasteiger partial charge is 0.398 e. The lowest BCUT2D eigenvalue weighted by molar-refractivity contribution is -0.122. The number of hydrogen-bond donors (Lipinski definition) is 3. The van der Waals surface area contributed by atoms with Crippen molar-refractivity contribution < 1.29 is 13.2 Å². The molecule has 0 aliphatic heterocycles. The van der Waals surface area contributed by atoms with Gasteiger partial charge in [0.25, 0.3) is 0 Å². The zero-order chi connectivity index (χ0) is 15.6. The highest BCUT2D eigenvalue weighted by molar-refractivity contribution is 9.10. The maximum Gasteiger partial charge on any atom is 0.240 e. The van der Waals surface area contributed by atoms with Gasteiger partial charge in [0.1, 0.15) is 0 Å². The zero-order valence-electron chi connectivity index (χ0n) is 11.4. The fourth-order valence-electron chi connectivity index (χ4n) is 2.46. The van der Waals surface area contributed by atoms with Crippen molar-refractivity contribution in [3.63, 3.8) is 0 Å². The normalized spacial score (nSPS) is 22.9. The van der Waals surface area contributed by atoms with Crippen LogP contribution in [0.2, 0.25) is 0 Å². The van der Waals surface area contributed by atoms with E-state index in [0.717, 1.165) is 0 Å². The van der Waals surface area contributed by atoms with E-state index in [4.69, 9.17) is 11.5 Å². The Hall–Kier alpha value is -1.12. The van der Waals surface area contributed by atoms with E-state index in [0.29, 0.717) is 35.8 Å². The number of anilines is 1. The lowest BCUT2D eigenvalue weighted by atomic mass is 9.86. The minimum atomic E-state index is -3.59. The van der Waals surface area contributed by atoms with Gasteiger partial charge in [-0.15, -0.1) is 0 Å². The number of benzene rings is 1. The first-order chi connectivity index (χ1) is 9.79. The fraction of sp³-hybridized carbons (Fsp3) is 0.462. The van der Waals surface area contributed by atoms with Crippen molar-refractivity contribution >= 4 is 37.5 Å². The lowest BCUT2D eigenvalue weighted by Gasteiger charge is -2.27. The summed E-state index contributed by atoms with van der Waals surface area (Å²) in [6.07, 6.45) is 2.47. The standard InChI is InChI=1S/C13H18BrN3O3S/c14-11-7-10(5-6-12(11)15)21(19,20)17-9-3-1-8(2-4-9)13(16)18/h5-9,17H,1-4,15H2,(H2,16,18). The highest BCUT2D eigenvalue weighted by Gasteiger charge is 2.28. The maximum absolute atomic E-state index is 12.3. The molecule has 8 heteroatoms. The number of hydrogen-bond acceptors (Lipinski definition) is 4. The molecular weight excluding hydrogens is 358 g/mol. The number of sulfonamides is 1. The van der Waals surface area contributed by atoms with Gasteiger partial charge in [-0.05, 0) is 59.8 Å². The Labute approximate surface area is 132 Å². The van der Waals surface area contributed by atoms with Crippen LogP contribution in [0.5, 0.6) is 0 Å². The van der Waals surface area contributed by atoms with E-state index in [9.17, 15) is 13.2 Å². The number of nitrogens with two attached hydrogens (primary N) is 2. The molecule has 1 fully saturated rings. The Morgan fingerprint density at radius 2 is 1.86 bits per heavy atom. The van der Waals surface area contributed by atoms with Gasteiger partial charge in [0.05, 0.1) is 4.90 Å². The summed E-state index contributed by atoms with van der Waals surface area (Å²) in [6, 6.07) is 4.33. The summed E-state index contributed by atoms with van der Waals surface area (Å²) in [6.45, 7) is 0. The molecule has 0 aromatic heterocycles. The maximum atomic E-state index is 12.3. The first-order valence-electron chi connectivity index (χ1n) is 6.66. The third-order valence-electron chi connectivity index (χ3n) is 3.73. The van der Waals surface area contributed by atoms with Gasteiger partial charge in [0.2, 0.25) is 15.9 Å². The molecule has 1 aromatic rings. The summed E-state index contributed by atoms with van der Waals surface area (Å²) in [5.74, 6) is -0.449. The smallest absolute Gasteiger partial charge is 0.240 e. The van der Waals surface area contributed by atoms with Gasteiger partial charge in [-0.3, -0.25) is 4.79 Å². The predicted molar refractivity (Wildman–Crippen MR) is 83.8 cm³/mol. The SMILES string of the molecule is NC(=O)C1CCC(NS(=O)(=O)c2ccc(N)c(Br)c2)CC1. The van der Waals surface area contributed by atoms with Gasteiger partial charge < -0.3 is 11.5 Å². The van der Waals surface area contributed by atoms with Crippen molar-refractivity contribution in [3.05, 3.63) is 22.7 Å². The number of carbonyl (C=O) groups is 1. The van der Waals surface area contributed by atoms with Crippen molar-refractivity contribution in [1.29, 1.82) is 0 Å². The van der Waals surface area contributed by atoms with Crippen LogP contribution in [0, 0.1) is 5.92 Å². The van der Waals surface area contributed by atoms with Gasteiger partial charge in [0.15, 0.2) is 0 Å². The molecule has 1 aromatic carbocycles. The van der Waals surface area contributed by atoms with E-state index >= 15 is 0 Å². The molecule has 0 bridgehead atoms. The fourth-order valence-corrected chi connectivity index (χ4v) is 4.32. The molecule has 6 nitrogen and oxygen atoms in total. The summed E-state index contributed by atoms with van der Waals surface area (Å²) in [4.78, 5) is 11.3. The molecule has 21 heavy (non-hydrogen) atoms. The molecule has 5 N–H and O–H groups in total. The van der Waals surface area contributed by atoms with Crippen LogP contribution in [0.4, 0.5) is 5.69 Å². The summed E-state index contributed by atoms with van der Waals surface area (Å²) in [5.41, 5.74) is 11.4. The first-order valence-corrected chi connectivity index (χ1v) is 8.94. The van der Waals surface area contributed by atoms with Crippen LogP contribution in [0.25, 0.3) is 0 Å². The van der Waals surface area contributed by atoms with E-state index < -0.39 is 10.0 Å². The number of halogens is 1. The van der Waals surface area contributed by atoms with Crippen molar-refractivity contribution in [2.45, 2.75) is 36.6 Å². The average Bonchev–Trinajstić information content (AvgIpc) is 2.42. The first kappa shape index (κ1) is 16.3. The van der Waals surface area contributed by atoms with Crippen molar-refractivity contribution in [2.24, 2.45) is 11.7 Å². The number of amides is 1. The molecule has 0 atom stereocenters. The molecule has 1 aliphatic carbocycles. The topological polar surface area (TPSA) is 115 Å². The second-order valence-electron chi connectivity index (χ2n) is 5.26. The number of carbonyl (C=O) groups excluding carboxylic acids is 1. The van der Waals surface area contributed by atoms with Crippen LogP contribution in [-0.4, -0.2) is 20.4 Å². The molecule has 1 amide bonds. The summed E-state index contributed by atoms with van der Waals surface area (Å²) >= 11 is 3.22. The molecule has 0 spiro atoms. The lowest BCUT2D eigenvalue weighted by Crippen LogP contribution is -2.39. The molecule has 1 aliphatic rings. The van der Waals surface area contributed by atoms with E-state index in [1.54, 1.807) is 6.07 Å². The van der Waals surface area contributed by atoms with Crippen LogP contribution in [0.3, 0.4) is 0 Å². The second-order valence-corrected chi connectivity index (χ2v) is 7.82. The predicted octanol–water partition coefficient (Wildman–Crippen LogP) is 1.35.